The predicted molar refractivity (Wildman–Crippen MR) is 100 cm³/mol. The van der Waals surface area contributed by atoms with Gasteiger partial charge in [0.2, 0.25) is 5.91 Å². The van der Waals surface area contributed by atoms with Crippen LogP contribution in [0.2, 0.25) is 0 Å². The number of aryl methyl sites for hydroxylation is 1. The van der Waals surface area contributed by atoms with Crippen LogP contribution in [-0.2, 0) is 11.2 Å². The van der Waals surface area contributed by atoms with Gasteiger partial charge in [0, 0.05) is 64.1 Å². The first kappa shape index (κ1) is 18.3. The molecule has 0 bridgehead atoms. The van der Waals surface area contributed by atoms with Crippen molar-refractivity contribution in [3.63, 3.8) is 0 Å². The smallest absolute Gasteiger partial charge is 0.223 e. The Morgan fingerprint density at radius 2 is 1.88 bits per heavy atom. The summed E-state index contributed by atoms with van der Waals surface area (Å²) < 4.78 is 0. The van der Waals surface area contributed by atoms with Crippen molar-refractivity contribution in [1.29, 1.82) is 0 Å². The molecular formula is C20H32N4O. The van der Waals surface area contributed by atoms with Gasteiger partial charge < -0.3 is 14.7 Å². The molecule has 2 fully saturated rings. The Hall–Kier alpha value is -1.46. The number of hydrogen-bond donors (Lipinski definition) is 0. The average Bonchev–Trinajstić information content (AvgIpc) is 2.67. The van der Waals surface area contributed by atoms with Gasteiger partial charge in [-0.3, -0.25) is 9.78 Å². The number of pyridine rings is 1. The van der Waals surface area contributed by atoms with E-state index in [-0.39, 0.29) is 0 Å². The summed E-state index contributed by atoms with van der Waals surface area (Å²) in [4.78, 5) is 24.0. The number of amides is 1. The van der Waals surface area contributed by atoms with E-state index in [4.69, 9.17) is 0 Å². The Bertz CT molecular complexity index is 528. The third kappa shape index (κ3) is 5.51. The topological polar surface area (TPSA) is 39.7 Å². The molecule has 0 unspecified atom stereocenters. The second-order valence-electron chi connectivity index (χ2n) is 7.53. The van der Waals surface area contributed by atoms with Crippen LogP contribution in [-0.4, -0.2) is 77.9 Å². The molecule has 0 saturated carbocycles. The number of carbonyl (C=O) groups is 1. The lowest BCUT2D eigenvalue weighted by molar-refractivity contribution is -0.135. The summed E-state index contributed by atoms with van der Waals surface area (Å²) in [6.45, 7) is 6.74. The van der Waals surface area contributed by atoms with E-state index in [1.54, 1.807) is 12.4 Å². The van der Waals surface area contributed by atoms with Crippen LogP contribution >= 0.6 is 0 Å². The van der Waals surface area contributed by atoms with Gasteiger partial charge in [0.15, 0.2) is 0 Å². The molecule has 5 nitrogen and oxygen atoms in total. The Morgan fingerprint density at radius 1 is 1.12 bits per heavy atom. The first-order chi connectivity index (χ1) is 12.2. The molecule has 0 spiro atoms. The number of likely N-dealkylation sites (tertiary alicyclic amines) is 1. The summed E-state index contributed by atoms with van der Waals surface area (Å²) in [6, 6.07) is 4.46. The van der Waals surface area contributed by atoms with Crippen LogP contribution in [0.5, 0.6) is 0 Å². The minimum absolute atomic E-state index is 0.333. The Morgan fingerprint density at radius 3 is 2.64 bits per heavy atom. The third-order valence-electron chi connectivity index (χ3n) is 5.70. The van der Waals surface area contributed by atoms with Gasteiger partial charge in [-0.25, -0.2) is 0 Å². The SMILES string of the molecule is CN1CCN(CC[C@@H]2CCCCN2C(=O)CCc2ccncc2)CC1. The van der Waals surface area contributed by atoms with Gasteiger partial charge in [0.05, 0.1) is 0 Å². The summed E-state index contributed by atoms with van der Waals surface area (Å²) in [5, 5.41) is 0. The predicted octanol–water partition coefficient (Wildman–Crippen LogP) is 2.03. The molecule has 3 heterocycles. The van der Waals surface area contributed by atoms with Gasteiger partial charge in [-0.2, -0.15) is 0 Å². The fraction of sp³-hybridized carbons (Fsp3) is 0.700. The lowest BCUT2D eigenvalue weighted by Gasteiger charge is -2.38. The largest absolute Gasteiger partial charge is 0.340 e. The summed E-state index contributed by atoms with van der Waals surface area (Å²) in [7, 11) is 2.20. The maximum absolute atomic E-state index is 12.8. The lowest BCUT2D eigenvalue weighted by Crippen LogP contribution is -2.48. The van der Waals surface area contributed by atoms with E-state index in [9.17, 15) is 4.79 Å². The van der Waals surface area contributed by atoms with Crippen molar-refractivity contribution in [2.24, 2.45) is 0 Å². The molecular weight excluding hydrogens is 312 g/mol. The zero-order chi connectivity index (χ0) is 17.5. The number of carbonyl (C=O) groups excluding carboxylic acids is 1. The van der Waals surface area contributed by atoms with Gasteiger partial charge in [-0.05, 0) is 56.8 Å². The van der Waals surface area contributed by atoms with Gasteiger partial charge >= 0.3 is 0 Å². The van der Waals surface area contributed by atoms with Crippen molar-refractivity contribution in [3.8, 4) is 0 Å². The molecule has 1 aromatic rings. The van der Waals surface area contributed by atoms with Crippen LogP contribution in [0.15, 0.2) is 24.5 Å². The summed E-state index contributed by atoms with van der Waals surface area (Å²) in [5.41, 5.74) is 1.20. The Balaban J connectivity index is 1.47. The molecule has 2 saturated heterocycles. The number of rotatable bonds is 6. The fourth-order valence-electron chi connectivity index (χ4n) is 3.98. The molecule has 25 heavy (non-hydrogen) atoms. The van der Waals surface area contributed by atoms with Crippen molar-refractivity contribution < 1.29 is 4.79 Å². The molecule has 138 valence electrons. The second kappa shape index (κ2) is 9.30. The van der Waals surface area contributed by atoms with Gasteiger partial charge in [-0.1, -0.05) is 0 Å². The number of piperidine rings is 1. The van der Waals surface area contributed by atoms with E-state index < -0.39 is 0 Å². The van der Waals surface area contributed by atoms with Gasteiger partial charge in [0.25, 0.3) is 0 Å². The molecule has 1 atom stereocenters. The molecule has 2 aliphatic rings. The number of nitrogens with zero attached hydrogens (tertiary/aromatic N) is 4. The number of hydrogen-bond acceptors (Lipinski definition) is 4. The summed E-state index contributed by atoms with van der Waals surface area (Å²) >= 11 is 0. The van der Waals surface area contributed by atoms with E-state index >= 15 is 0 Å². The van der Waals surface area contributed by atoms with Gasteiger partial charge in [-0.15, -0.1) is 0 Å². The molecule has 5 heteroatoms. The second-order valence-corrected chi connectivity index (χ2v) is 7.53. The van der Waals surface area contributed by atoms with Crippen LogP contribution in [0.25, 0.3) is 0 Å². The molecule has 2 aliphatic heterocycles. The molecule has 0 N–H and O–H groups in total. The highest BCUT2D eigenvalue weighted by molar-refractivity contribution is 5.76. The zero-order valence-corrected chi connectivity index (χ0v) is 15.6. The highest BCUT2D eigenvalue weighted by Gasteiger charge is 2.27. The maximum atomic E-state index is 12.8. The Labute approximate surface area is 152 Å². The van der Waals surface area contributed by atoms with Crippen LogP contribution in [0.4, 0.5) is 0 Å². The molecule has 0 radical (unpaired) electrons. The minimum Gasteiger partial charge on any atom is -0.340 e. The fourth-order valence-corrected chi connectivity index (χ4v) is 3.98. The number of aromatic nitrogens is 1. The lowest BCUT2D eigenvalue weighted by atomic mass is 9.98. The van der Waals surface area contributed by atoms with E-state index in [2.05, 4.69) is 26.7 Å². The van der Waals surface area contributed by atoms with Crippen molar-refractivity contribution in [3.05, 3.63) is 30.1 Å². The zero-order valence-electron chi connectivity index (χ0n) is 15.6. The average molecular weight is 345 g/mol. The molecule has 1 amide bonds. The highest BCUT2D eigenvalue weighted by atomic mass is 16.2. The van der Waals surface area contributed by atoms with Crippen molar-refractivity contribution in [2.45, 2.75) is 44.6 Å². The molecule has 3 rings (SSSR count). The quantitative estimate of drug-likeness (QED) is 0.792. The van der Waals surface area contributed by atoms with Gasteiger partial charge in [0.1, 0.15) is 0 Å². The van der Waals surface area contributed by atoms with E-state index in [0.717, 1.165) is 32.4 Å². The first-order valence-corrected chi connectivity index (χ1v) is 9.81. The number of piperazine rings is 1. The maximum Gasteiger partial charge on any atom is 0.223 e. The van der Waals surface area contributed by atoms with E-state index in [1.165, 1.54) is 44.6 Å². The van der Waals surface area contributed by atoms with E-state index in [0.29, 0.717) is 18.4 Å². The Kier molecular flexibility index (Phi) is 6.82. The van der Waals surface area contributed by atoms with Crippen molar-refractivity contribution >= 4 is 5.91 Å². The summed E-state index contributed by atoms with van der Waals surface area (Å²) in [5.74, 6) is 0.333. The van der Waals surface area contributed by atoms with Crippen molar-refractivity contribution in [2.75, 3.05) is 46.3 Å². The standard InChI is InChI=1S/C20H32N4O/c1-22-14-16-23(17-15-22)13-9-19-4-2-3-12-24(19)20(25)6-5-18-7-10-21-11-8-18/h7-8,10-11,19H,2-6,9,12-17H2,1H3/t19-/m0/s1. The molecule has 0 aromatic carbocycles. The third-order valence-corrected chi connectivity index (χ3v) is 5.70. The van der Waals surface area contributed by atoms with Crippen LogP contribution in [0.3, 0.4) is 0 Å². The van der Waals surface area contributed by atoms with Crippen LogP contribution in [0.1, 0.15) is 37.7 Å². The number of likely N-dealkylation sites (N-methyl/N-ethyl adjacent to an activating group) is 1. The normalized spacial score (nSPS) is 22.9. The van der Waals surface area contributed by atoms with Crippen molar-refractivity contribution in [1.82, 2.24) is 19.7 Å². The molecule has 1 aromatic heterocycles. The van der Waals surface area contributed by atoms with Crippen LogP contribution in [0, 0.1) is 0 Å². The highest BCUT2D eigenvalue weighted by Crippen LogP contribution is 2.21. The monoisotopic (exact) mass is 344 g/mol. The first-order valence-electron chi connectivity index (χ1n) is 9.81. The minimum atomic E-state index is 0.333. The van der Waals surface area contributed by atoms with Crippen LogP contribution < -0.4 is 0 Å². The molecule has 0 aliphatic carbocycles. The van der Waals surface area contributed by atoms with E-state index in [1.807, 2.05) is 12.1 Å². The summed E-state index contributed by atoms with van der Waals surface area (Å²) in [6.07, 6.45) is 9.78.